The zero-order valence-electron chi connectivity index (χ0n) is 13.4. The van der Waals surface area contributed by atoms with E-state index >= 15 is 0 Å². The van der Waals surface area contributed by atoms with Gasteiger partial charge in [-0.2, -0.15) is 0 Å². The molecule has 1 aliphatic carbocycles. The van der Waals surface area contributed by atoms with E-state index < -0.39 is 0 Å². The Kier molecular flexibility index (Phi) is 5.75. The van der Waals surface area contributed by atoms with Crippen molar-refractivity contribution in [2.75, 3.05) is 13.1 Å². The van der Waals surface area contributed by atoms with Crippen LogP contribution < -0.4 is 0 Å². The van der Waals surface area contributed by atoms with Crippen LogP contribution in [0.25, 0.3) is 0 Å². The van der Waals surface area contributed by atoms with Crippen molar-refractivity contribution in [3.63, 3.8) is 0 Å². The number of hydrogen-bond donors (Lipinski definition) is 0. The minimum Gasteiger partial charge on any atom is -0.375 e. The molecule has 2 atom stereocenters. The van der Waals surface area contributed by atoms with Crippen LogP contribution in [0.3, 0.4) is 0 Å². The van der Waals surface area contributed by atoms with Crippen LogP contribution >= 0.6 is 0 Å². The molecule has 0 amide bonds. The minimum atomic E-state index is 0.347. The van der Waals surface area contributed by atoms with Gasteiger partial charge in [0, 0.05) is 18.8 Å². The molecule has 0 radical (unpaired) electrons. The number of hydrogen-bond acceptors (Lipinski definition) is 1. The molecule has 0 bridgehead atoms. The van der Waals surface area contributed by atoms with E-state index in [-0.39, 0.29) is 0 Å². The Morgan fingerprint density at radius 3 is 2.50 bits per heavy atom. The Morgan fingerprint density at radius 1 is 1.28 bits per heavy atom. The molecule has 1 heteroatoms. The molecular weight excluding hydrogens is 218 g/mol. The van der Waals surface area contributed by atoms with Gasteiger partial charge in [-0.15, -0.1) is 0 Å². The molecule has 0 aliphatic heterocycles. The molecule has 1 nitrogen and oxygen atoms in total. The lowest BCUT2D eigenvalue weighted by Gasteiger charge is -2.30. The normalized spacial score (nSPS) is 27.6. The van der Waals surface area contributed by atoms with E-state index in [9.17, 15) is 0 Å². The molecule has 0 N–H and O–H groups in total. The van der Waals surface area contributed by atoms with Crippen molar-refractivity contribution in [3.8, 4) is 0 Å². The van der Waals surface area contributed by atoms with Crippen LogP contribution in [-0.2, 0) is 0 Å². The lowest BCUT2D eigenvalue weighted by Crippen LogP contribution is -2.26. The monoisotopic (exact) mass is 251 g/mol. The van der Waals surface area contributed by atoms with Gasteiger partial charge in [0.25, 0.3) is 0 Å². The first-order chi connectivity index (χ1) is 8.40. The van der Waals surface area contributed by atoms with Crippen molar-refractivity contribution in [2.45, 2.75) is 67.2 Å². The van der Waals surface area contributed by atoms with Crippen molar-refractivity contribution in [1.82, 2.24) is 4.90 Å². The van der Waals surface area contributed by atoms with E-state index in [1.807, 2.05) is 0 Å². The molecule has 18 heavy (non-hydrogen) atoms. The van der Waals surface area contributed by atoms with E-state index in [1.165, 1.54) is 32.2 Å². The molecule has 0 saturated heterocycles. The summed E-state index contributed by atoms with van der Waals surface area (Å²) >= 11 is 0. The van der Waals surface area contributed by atoms with Crippen LogP contribution in [0.4, 0.5) is 0 Å². The van der Waals surface area contributed by atoms with Crippen LogP contribution in [0, 0.1) is 17.3 Å². The van der Waals surface area contributed by atoms with E-state index in [0.29, 0.717) is 5.41 Å². The standard InChI is InChI=1S/C17H33N/c1-7-9-10-18(8-2)16-12-14(3)11-15(4)17(5,6)13-16/h13-15H,7-12H2,1-6H3. The first-order valence-electron chi connectivity index (χ1n) is 7.87. The van der Waals surface area contributed by atoms with Gasteiger partial charge in [0.15, 0.2) is 0 Å². The van der Waals surface area contributed by atoms with Crippen molar-refractivity contribution in [3.05, 3.63) is 11.8 Å². The van der Waals surface area contributed by atoms with Crippen LogP contribution in [-0.4, -0.2) is 18.0 Å². The van der Waals surface area contributed by atoms with Crippen molar-refractivity contribution in [2.24, 2.45) is 17.3 Å². The molecule has 2 unspecified atom stereocenters. The summed E-state index contributed by atoms with van der Waals surface area (Å²) in [6.07, 6.45) is 7.80. The number of nitrogens with zero attached hydrogens (tertiary/aromatic N) is 1. The summed E-state index contributed by atoms with van der Waals surface area (Å²) in [5.41, 5.74) is 1.95. The summed E-state index contributed by atoms with van der Waals surface area (Å²) < 4.78 is 0. The van der Waals surface area contributed by atoms with Crippen molar-refractivity contribution < 1.29 is 0 Å². The molecule has 0 saturated carbocycles. The Morgan fingerprint density at radius 2 is 1.94 bits per heavy atom. The van der Waals surface area contributed by atoms with E-state index in [0.717, 1.165) is 18.4 Å². The average molecular weight is 251 g/mol. The fourth-order valence-corrected chi connectivity index (χ4v) is 3.05. The van der Waals surface area contributed by atoms with E-state index in [4.69, 9.17) is 0 Å². The second-order valence-electron chi connectivity index (χ2n) is 6.84. The first-order valence-corrected chi connectivity index (χ1v) is 7.87. The lowest BCUT2D eigenvalue weighted by atomic mass is 9.77. The SMILES string of the molecule is CCCCN(CC)C1=CC(C)(C)C(C)CC(C)C1. The molecule has 106 valence electrons. The third-order valence-electron chi connectivity index (χ3n) is 4.69. The maximum Gasteiger partial charge on any atom is 0.0174 e. The third kappa shape index (κ3) is 4.03. The summed E-state index contributed by atoms with van der Waals surface area (Å²) in [6.45, 7) is 16.6. The Bertz CT molecular complexity index is 277. The van der Waals surface area contributed by atoms with Gasteiger partial charge in [0.05, 0.1) is 0 Å². The average Bonchev–Trinajstić information content (AvgIpc) is 2.37. The summed E-state index contributed by atoms with van der Waals surface area (Å²) in [4.78, 5) is 2.61. The highest BCUT2D eigenvalue weighted by atomic mass is 15.1. The summed E-state index contributed by atoms with van der Waals surface area (Å²) in [5, 5.41) is 0. The van der Waals surface area contributed by atoms with Crippen molar-refractivity contribution >= 4 is 0 Å². The van der Waals surface area contributed by atoms with E-state index in [2.05, 4.69) is 52.5 Å². The summed E-state index contributed by atoms with van der Waals surface area (Å²) in [5.74, 6) is 1.61. The van der Waals surface area contributed by atoms with Crippen molar-refractivity contribution in [1.29, 1.82) is 0 Å². The summed E-state index contributed by atoms with van der Waals surface area (Å²) in [7, 11) is 0. The Hall–Kier alpha value is -0.460. The molecule has 0 aromatic rings. The van der Waals surface area contributed by atoms with Gasteiger partial charge in [-0.1, -0.05) is 47.1 Å². The smallest absolute Gasteiger partial charge is 0.0174 e. The number of allylic oxidation sites excluding steroid dienone is 2. The Labute approximate surface area is 115 Å². The van der Waals surface area contributed by atoms with Gasteiger partial charge in [0.1, 0.15) is 0 Å². The molecule has 0 aromatic heterocycles. The van der Waals surface area contributed by atoms with Crippen LogP contribution in [0.2, 0.25) is 0 Å². The predicted molar refractivity (Wildman–Crippen MR) is 81.6 cm³/mol. The highest BCUT2D eigenvalue weighted by Crippen LogP contribution is 2.40. The lowest BCUT2D eigenvalue weighted by molar-refractivity contribution is 0.266. The molecule has 0 spiro atoms. The van der Waals surface area contributed by atoms with Crippen LogP contribution in [0.1, 0.15) is 67.2 Å². The highest BCUT2D eigenvalue weighted by molar-refractivity contribution is 5.11. The van der Waals surface area contributed by atoms with Gasteiger partial charge in [-0.3, -0.25) is 0 Å². The second kappa shape index (κ2) is 6.63. The van der Waals surface area contributed by atoms with Gasteiger partial charge in [-0.25, -0.2) is 0 Å². The molecule has 0 fully saturated rings. The molecule has 1 aliphatic rings. The van der Waals surface area contributed by atoms with Gasteiger partial charge >= 0.3 is 0 Å². The number of rotatable bonds is 5. The van der Waals surface area contributed by atoms with Gasteiger partial charge in [0.2, 0.25) is 0 Å². The number of unbranched alkanes of at least 4 members (excludes halogenated alkanes) is 1. The quantitative estimate of drug-likeness (QED) is 0.658. The fraction of sp³-hybridized carbons (Fsp3) is 0.882. The predicted octanol–water partition coefficient (Wildman–Crippen LogP) is 5.08. The van der Waals surface area contributed by atoms with Gasteiger partial charge < -0.3 is 4.90 Å². The van der Waals surface area contributed by atoms with Crippen LogP contribution in [0.15, 0.2) is 11.8 Å². The maximum absolute atomic E-state index is 2.61. The maximum atomic E-state index is 2.61. The largest absolute Gasteiger partial charge is 0.375 e. The molecule has 0 heterocycles. The summed E-state index contributed by atoms with van der Waals surface area (Å²) in [6, 6.07) is 0. The zero-order chi connectivity index (χ0) is 13.8. The zero-order valence-corrected chi connectivity index (χ0v) is 13.4. The van der Waals surface area contributed by atoms with Gasteiger partial charge in [-0.05, 0) is 43.4 Å². The minimum absolute atomic E-state index is 0.347. The molecule has 1 rings (SSSR count). The highest BCUT2D eigenvalue weighted by Gasteiger charge is 2.30. The topological polar surface area (TPSA) is 3.24 Å². The fourth-order valence-electron chi connectivity index (χ4n) is 3.05. The molecular formula is C17H33N. The third-order valence-corrected chi connectivity index (χ3v) is 4.69. The molecule has 0 aromatic carbocycles. The first kappa shape index (κ1) is 15.6. The van der Waals surface area contributed by atoms with Crippen LogP contribution in [0.5, 0.6) is 0 Å². The van der Waals surface area contributed by atoms with E-state index in [1.54, 1.807) is 5.70 Å². The second-order valence-corrected chi connectivity index (χ2v) is 6.84. The Balaban J connectivity index is 2.88.